The molecular formula is C29H35N3O4. The van der Waals surface area contributed by atoms with Gasteiger partial charge in [0.25, 0.3) is 0 Å². The number of primary amides is 1. The van der Waals surface area contributed by atoms with Crippen molar-refractivity contribution in [1.29, 1.82) is 0 Å². The van der Waals surface area contributed by atoms with E-state index in [2.05, 4.69) is 16.4 Å². The first-order valence-corrected chi connectivity index (χ1v) is 12.6. The second kappa shape index (κ2) is 12.0. The predicted octanol–water partition coefficient (Wildman–Crippen LogP) is 4.81. The van der Waals surface area contributed by atoms with Crippen LogP contribution >= 0.6 is 0 Å². The Morgan fingerprint density at radius 2 is 1.94 bits per heavy atom. The minimum absolute atomic E-state index is 0.0612. The summed E-state index contributed by atoms with van der Waals surface area (Å²) >= 11 is 0. The average Bonchev–Trinajstić information content (AvgIpc) is 3.23. The summed E-state index contributed by atoms with van der Waals surface area (Å²) in [5, 5.41) is 3.12. The summed E-state index contributed by atoms with van der Waals surface area (Å²) in [6.07, 6.45) is 3.93. The minimum atomic E-state index is -0.621. The second-order valence-electron chi connectivity index (χ2n) is 9.77. The average molecular weight is 490 g/mol. The Bertz CT molecular complexity index is 1170. The molecule has 7 heteroatoms. The minimum Gasteiger partial charge on any atom is -0.441 e. The Morgan fingerprint density at radius 1 is 1.14 bits per heavy atom. The number of oxazole rings is 1. The smallest absolute Gasteiger partial charge is 0.226 e. The van der Waals surface area contributed by atoms with Crippen LogP contribution in [0.15, 0.2) is 59.0 Å². The van der Waals surface area contributed by atoms with Crippen LogP contribution in [0.3, 0.4) is 0 Å². The van der Waals surface area contributed by atoms with Crippen molar-refractivity contribution in [3.05, 3.63) is 77.2 Å². The van der Waals surface area contributed by atoms with Gasteiger partial charge in [-0.05, 0) is 56.7 Å². The molecule has 3 aromatic rings. The van der Waals surface area contributed by atoms with Crippen molar-refractivity contribution in [2.45, 2.75) is 64.5 Å². The molecule has 1 saturated carbocycles. The fraction of sp³-hybridized carbons (Fsp3) is 0.414. The fourth-order valence-electron chi connectivity index (χ4n) is 4.90. The number of hydrogen-bond acceptors (Lipinski definition) is 5. The van der Waals surface area contributed by atoms with Crippen molar-refractivity contribution in [2.75, 3.05) is 6.61 Å². The number of nitrogens with one attached hydrogen (secondary N) is 1. The number of hydrogen-bond donors (Lipinski definition) is 2. The van der Waals surface area contributed by atoms with Crippen molar-refractivity contribution >= 4 is 11.8 Å². The molecule has 190 valence electrons. The number of carbonyl (C=O) groups is 2. The van der Waals surface area contributed by atoms with Gasteiger partial charge < -0.3 is 20.2 Å². The quantitative estimate of drug-likeness (QED) is 0.425. The fourth-order valence-corrected chi connectivity index (χ4v) is 4.90. The van der Waals surface area contributed by atoms with E-state index in [0.29, 0.717) is 25.0 Å². The van der Waals surface area contributed by atoms with Crippen molar-refractivity contribution < 1.29 is 18.7 Å². The summed E-state index contributed by atoms with van der Waals surface area (Å²) in [4.78, 5) is 29.3. The van der Waals surface area contributed by atoms with Crippen molar-refractivity contribution in [3.8, 4) is 11.5 Å². The highest BCUT2D eigenvalue weighted by molar-refractivity contribution is 5.88. The van der Waals surface area contributed by atoms with Crippen LogP contribution in [0, 0.1) is 19.8 Å². The number of aryl methyl sites for hydroxylation is 2. The van der Waals surface area contributed by atoms with E-state index < -0.39 is 11.8 Å². The zero-order valence-electron chi connectivity index (χ0n) is 21.0. The van der Waals surface area contributed by atoms with Crippen LogP contribution < -0.4 is 11.1 Å². The summed E-state index contributed by atoms with van der Waals surface area (Å²) in [5.41, 5.74) is 9.27. The maximum atomic E-state index is 12.7. The molecule has 3 unspecified atom stereocenters. The summed E-state index contributed by atoms with van der Waals surface area (Å²) in [7, 11) is 0. The summed E-state index contributed by atoms with van der Waals surface area (Å²) < 4.78 is 11.9. The van der Waals surface area contributed by atoms with Gasteiger partial charge in [-0.2, -0.15) is 0 Å². The number of benzene rings is 2. The van der Waals surface area contributed by atoms with E-state index in [1.807, 2.05) is 62.4 Å². The number of nitrogens with two attached hydrogens (primary N) is 1. The molecule has 7 nitrogen and oxygen atoms in total. The lowest BCUT2D eigenvalue weighted by atomic mass is 9.86. The number of rotatable bonds is 10. The molecule has 1 fully saturated rings. The number of carbonyl (C=O) groups excluding carboxylic acids is 2. The van der Waals surface area contributed by atoms with Crippen LogP contribution in [0.2, 0.25) is 0 Å². The highest BCUT2D eigenvalue weighted by Gasteiger charge is 2.26. The van der Waals surface area contributed by atoms with E-state index in [0.717, 1.165) is 53.8 Å². The topological polar surface area (TPSA) is 107 Å². The normalized spacial score (nSPS) is 18.5. The summed E-state index contributed by atoms with van der Waals surface area (Å²) in [5.74, 6) is 0.483. The maximum Gasteiger partial charge on any atom is 0.226 e. The monoisotopic (exact) mass is 489 g/mol. The Hall–Kier alpha value is -3.45. The van der Waals surface area contributed by atoms with Crippen molar-refractivity contribution in [3.63, 3.8) is 0 Å². The Labute approximate surface area is 212 Å². The molecular weight excluding hydrogens is 454 g/mol. The molecule has 36 heavy (non-hydrogen) atoms. The van der Waals surface area contributed by atoms with Gasteiger partial charge >= 0.3 is 0 Å². The van der Waals surface area contributed by atoms with Gasteiger partial charge in [-0.3, -0.25) is 9.59 Å². The van der Waals surface area contributed by atoms with E-state index >= 15 is 0 Å². The first-order chi connectivity index (χ1) is 17.4. The molecule has 2 aromatic carbocycles. The van der Waals surface area contributed by atoms with Gasteiger partial charge in [0, 0.05) is 24.6 Å². The van der Waals surface area contributed by atoms with E-state index in [1.54, 1.807) is 0 Å². The SMILES string of the molecule is Cc1cccc(-c2nc(COCC3CCCC(NC(=O)CC(C(N)=O)c4ccccc4)C3)c(C)o2)c1. The van der Waals surface area contributed by atoms with E-state index in [4.69, 9.17) is 14.9 Å². The van der Waals surface area contributed by atoms with E-state index in [-0.39, 0.29) is 18.4 Å². The van der Waals surface area contributed by atoms with E-state index in [9.17, 15) is 9.59 Å². The molecule has 3 atom stereocenters. The molecule has 0 bridgehead atoms. The van der Waals surface area contributed by atoms with Crippen molar-refractivity contribution in [1.82, 2.24) is 10.3 Å². The lowest BCUT2D eigenvalue weighted by Crippen LogP contribution is -2.40. The second-order valence-corrected chi connectivity index (χ2v) is 9.77. The molecule has 1 aliphatic carbocycles. The number of amides is 2. The number of aromatic nitrogens is 1. The standard InChI is InChI=1S/C29H35N3O4/c1-19-8-6-12-23(14-19)29-32-26(20(2)36-29)18-35-17-21-9-7-13-24(15-21)31-27(33)16-25(28(30)34)22-10-4-3-5-11-22/h3-6,8,10-12,14,21,24-25H,7,9,13,15-18H2,1-2H3,(H2,30,34)(H,31,33). The van der Waals surface area contributed by atoms with Crippen LogP contribution in [0.1, 0.15) is 60.6 Å². The maximum absolute atomic E-state index is 12.7. The molecule has 1 heterocycles. The predicted molar refractivity (Wildman–Crippen MR) is 138 cm³/mol. The van der Waals surface area contributed by atoms with Crippen LogP contribution in [0.4, 0.5) is 0 Å². The van der Waals surface area contributed by atoms with Gasteiger partial charge in [-0.1, -0.05) is 54.4 Å². The van der Waals surface area contributed by atoms with Gasteiger partial charge in [0.2, 0.25) is 17.7 Å². The van der Waals surface area contributed by atoms with Crippen LogP contribution in [-0.2, 0) is 20.9 Å². The Morgan fingerprint density at radius 3 is 2.69 bits per heavy atom. The highest BCUT2D eigenvalue weighted by Crippen LogP contribution is 2.27. The summed E-state index contributed by atoms with van der Waals surface area (Å²) in [6.45, 7) is 4.95. The molecule has 1 aromatic heterocycles. The Balaban J connectivity index is 1.25. The van der Waals surface area contributed by atoms with Crippen LogP contribution in [-0.4, -0.2) is 29.4 Å². The lowest BCUT2D eigenvalue weighted by molar-refractivity contribution is -0.127. The van der Waals surface area contributed by atoms with Gasteiger partial charge in [0.1, 0.15) is 11.5 Å². The summed E-state index contributed by atoms with van der Waals surface area (Å²) in [6, 6.07) is 17.4. The first kappa shape index (κ1) is 25.6. The molecule has 0 aliphatic heterocycles. The number of nitrogens with zero attached hydrogens (tertiary/aromatic N) is 1. The third kappa shape index (κ3) is 6.82. The molecule has 3 N–H and O–H groups in total. The first-order valence-electron chi connectivity index (χ1n) is 12.6. The third-order valence-corrected chi connectivity index (χ3v) is 6.83. The van der Waals surface area contributed by atoms with E-state index in [1.165, 1.54) is 0 Å². The largest absolute Gasteiger partial charge is 0.441 e. The zero-order valence-corrected chi connectivity index (χ0v) is 21.0. The van der Waals surface area contributed by atoms with Crippen molar-refractivity contribution in [2.24, 2.45) is 11.7 Å². The number of ether oxygens (including phenoxy) is 1. The Kier molecular flexibility index (Phi) is 8.54. The van der Waals surface area contributed by atoms with Gasteiger partial charge in [-0.25, -0.2) is 4.98 Å². The molecule has 4 rings (SSSR count). The van der Waals surface area contributed by atoms with Crippen LogP contribution in [0.25, 0.3) is 11.5 Å². The molecule has 0 radical (unpaired) electrons. The lowest BCUT2D eigenvalue weighted by Gasteiger charge is -2.30. The molecule has 0 spiro atoms. The van der Waals surface area contributed by atoms with Gasteiger partial charge in [0.15, 0.2) is 0 Å². The highest BCUT2D eigenvalue weighted by atomic mass is 16.5. The molecule has 0 saturated heterocycles. The zero-order chi connectivity index (χ0) is 25.5. The van der Waals surface area contributed by atoms with Crippen LogP contribution in [0.5, 0.6) is 0 Å². The molecule has 2 amide bonds. The van der Waals surface area contributed by atoms with Gasteiger partial charge in [-0.15, -0.1) is 0 Å². The third-order valence-electron chi connectivity index (χ3n) is 6.83. The van der Waals surface area contributed by atoms with Gasteiger partial charge in [0.05, 0.1) is 12.5 Å². The molecule has 1 aliphatic rings.